The Morgan fingerprint density at radius 3 is 2.60 bits per heavy atom. The number of carbonyl (C=O) groups is 1. The first kappa shape index (κ1) is 21.5. The van der Waals surface area contributed by atoms with Crippen LogP contribution in [0.1, 0.15) is 42.0 Å². The molecule has 1 aromatic carbocycles. The first-order valence-corrected chi connectivity index (χ1v) is 11.9. The van der Waals surface area contributed by atoms with Crippen molar-refractivity contribution in [3.63, 3.8) is 0 Å². The van der Waals surface area contributed by atoms with Crippen molar-refractivity contribution in [3.05, 3.63) is 59.7 Å². The van der Waals surface area contributed by atoms with Crippen LogP contribution < -0.4 is 9.64 Å². The fourth-order valence-electron chi connectivity index (χ4n) is 4.83. The van der Waals surface area contributed by atoms with E-state index in [0.29, 0.717) is 31.3 Å². The molecule has 0 bridgehead atoms. The summed E-state index contributed by atoms with van der Waals surface area (Å²) in [7, 11) is 3.54. The maximum atomic E-state index is 13.0. The minimum Gasteiger partial charge on any atom is -0.480 e. The number of aromatic nitrogens is 6. The Morgan fingerprint density at radius 1 is 1.11 bits per heavy atom. The topological polar surface area (TPSA) is 91.0 Å². The van der Waals surface area contributed by atoms with Crippen molar-refractivity contribution in [1.82, 2.24) is 29.5 Å². The second kappa shape index (κ2) is 8.33. The fraction of sp³-hybridized carbons (Fsp3) is 0.346. The normalized spacial score (nSPS) is 15.4. The second-order valence-corrected chi connectivity index (χ2v) is 9.29. The van der Waals surface area contributed by atoms with E-state index in [1.54, 1.807) is 13.4 Å². The zero-order chi connectivity index (χ0) is 24.1. The van der Waals surface area contributed by atoms with E-state index >= 15 is 0 Å². The van der Waals surface area contributed by atoms with E-state index in [-0.39, 0.29) is 5.91 Å². The van der Waals surface area contributed by atoms with Crippen molar-refractivity contribution >= 4 is 11.7 Å². The van der Waals surface area contributed by atoms with Crippen LogP contribution in [0.3, 0.4) is 0 Å². The average molecular weight is 470 g/mol. The van der Waals surface area contributed by atoms with Crippen molar-refractivity contribution in [1.29, 1.82) is 0 Å². The molecule has 1 aliphatic heterocycles. The van der Waals surface area contributed by atoms with Crippen molar-refractivity contribution in [2.24, 2.45) is 7.05 Å². The summed E-state index contributed by atoms with van der Waals surface area (Å²) >= 11 is 0. The standard InChI is InChI=1S/C26H27N7O2/c1-16-13-31(2)30-24(16)18-6-4-17(5-7-18)14-32-21-12-20(29-33(21)11-10-22(32)34)23-25(19-8-9-19)27-15-28-26(23)35-3/h4-7,12-13,15,19H,8-11,14H2,1-3H3. The lowest BCUT2D eigenvalue weighted by Crippen LogP contribution is -2.36. The van der Waals surface area contributed by atoms with Gasteiger partial charge in [0.25, 0.3) is 0 Å². The fourth-order valence-corrected chi connectivity index (χ4v) is 4.83. The van der Waals surface area contributed by atoms with Gasteiger partial charge in [0.2, 0.25) is 11.8 Å². The molecule has 1 amide bonds. The maximum Gasteiger partial charge on any atom is 0.230 e. The number of aryl methyl sites for hydroxylation is 3. The number of methoxy groups -OCH3 is 1. The molecule has 3 aromatic heterocycles. The monoisotopic (exact) mass is 469 g/mol. The summed E-state index contributed by atoms with van der Waals surface area (Å²) in [6, 6.07) is 10.2. The number of rotatable bonds is 6. The molecule has 1 fully saturated rings. The molecule has 0 spiro atoms. The van der Waals surface area contributed by atoms with Crippen molar-refractivity contribution in [2.75, 3.05) is 12.0 Å². The van der Waals surface area contributed by atoms with Crippen LogP contribution >= 0.6 is 0 Å². The molecule has 2 aliphatic rings. The molecule has 178 valence electrons. The van der Waals surface area contributed by atoms with Crippen LogP contribution in [-0.4, -0.2) is 42.5 Å². The summed E-state index contributed by atoms with van der Waals surface area (Å²) in [5, 5.41) is 9.40. The third-order valence-corrected chi connectivity index (χ3v) is 6.71. The van der Waals surface area contributed by atoms with Gasteiger partial charge in [0.15, 0.2) is 0 Å². The molecule has 0 N–H and O–H groups in total. The van der Waals surface area contributed by atoms with Crippen molar-refractivity contribution < 1.29 is 9.53 Å². The highest BCUT2D eigenvalue weighted by molar-refractivity contribution is 5.94. The summed E-state index contributed by atoms with van der Waals surface area (Å²) in [5.41, 5.74) is 6.78. The summed E-state index contributed by atoms with van der Waals surface area (Å²) < 4.78 is 9.30. The molecule has 1 saturated carbocycles. The second-order valence-electron chi connectivity index (χ2n) is 9.29. The molecule has 9 nitrogen and oxygen atoms in total. The van der Waals surface area contributed by atoms with Crippen LogP contribution in [0, 0.1) is 6.92 Å². The minimum atomic E-state index is 0.0901. The van der Waals surface area contributed by atoms with Gasteiger partial charge in [-0.1, -0.05) is 24.3 Å². The van der Waals surface area contributed by atoms with Crippen molar-refractivity contribution in [2.45, 2.75) is 45.2 Å². The van der Waals surface area contributed by atoms with E-state index in [1.165, 1.54) is 0 Å². The van der Waals surface area contributed by atoms with Gasteiger partial charge in [0.05, 0.1) is 37.2 Å². The molecular formula is C26H27N7O2. The Bertz CT molecular complexity index is 1420. The molecule has 9 heteroatoms. The number of amides is 1. The number of ether oxygens (including phenoxy) is 1. The van der Waals surface area contributed by atoms with Gasteiger partial charge in [-0.3, -0.25) is 14.4 Å². The summed E-state index contributed by atoms with van der Waals surface area (Å²) in [5.74, 6) is 1.82. The molecule has 1 aliphatic carbocycles. The Labute approximate surface area is 203 Å². The number of hydrogen-bond acceptors (Lipinski definition) is 6. The first-order valence-electron chi connectivity index (χ1n) is 11.9. The number of benzene rings is 1. The van der Waals surface area contributed by atoms with E-state index < -0.39 is 0 Å². The van der Waals surface area contributed by atoms with Gasteiger partial charge in [0.1, 0.15) is 17.8 Å². The molecule has 0 saturated heterocycles. The Morgan fingerprint density at radius 2 is 1.91 bits per heavy atom. The lowest BCUT2D eigenvalue weighted by Gasteiger charge is -2.27. The highest BCUT2D eigenvalue weighted by Gasteiger charge is 2.33. The van der Waals surface area contributed by atoms with Crippen LogP contribution in [0.2, 0.25) is 0 Å². The lowest BCUT2D eigenvalue weighted by atomic mass is 10.1. The van der Waals surface area contributed by atoms with E-state index in [0.717, 1.165) is 58.0 Å². The Balaban J connectivity index is 1.32. The molecule has 6 rings (SSSR count). The van der Waals surface area contributed by atoms with Crippen LogP contribution in [0.15, 0.2) is 42.9 Å². The van der Waals surface area contributed by atoms with Gasteiger partial charge < -0.3 is 4.74 Å². The Hall–Kier alpha value is -4.01. The van der Waals surface area contributed by atoms with Gasteiger partial charge >= 0.3 is 0 Å². The van der Waals surface area contributed by atoms with Gasteiger partial charge in [0, 0.05) is 37.2 Å². The highest BCUT2D eigenvalue weighted by atomic mass is 16.5. The Kier molecular flexibility index (Phi) is 5.12. The van der Waals surface area contributed by atoms with E-state index in [1.807, 2.05) is 33.6 Å². The molecule has 35 heavy (non-hydrogen) atoms. The average Bonchev–Trinajstić information content (AvgIpc) is 3.53. The number of carbonyl (C=O) groups excluding carboxylic acids is 1. The zero-order valence-electron chi connectivity index (χ0n) is 20.1. The highest BCUT2D eigenvalue weighted by Crippen LogP contribution is 2.46. The lowest BCUT2D eigenvalue weighted by molar-refractivity contribution is -0.119. The van der Waals surface area contributed by atoms with Crippen LogP contribution in [-0.2, 0) is 24.9 Å². The molecular weight excluding hydrogens is 442 g/mol. The third-order valence-electron chi connectivity index (χ3n) is 6.71. The number of hydrogen-bond donors (Lipinski definition) is 0. The number of anilines is 1. The largest absolute Gasteiger partial charge is 0.480 e. The van der Waals surface area contributed by atoms with Gasteiger partial charge in [-0.15, -0.1) is 0 Å². The van der Waals surface area contributed by atoms with Crippen LogP contribution in [0.25, 0.3) is 22.5 Å². The van der Waals surface area contributed by atoms with Crippen LogP contribution in [0.5, 0.6) is 5.88 Å². The van der Waals surface area contributed by atoms with E-state index in [2.05, 4.69) is 46.3 Å². The number of fused-ring (bicyclic) bond motifs is 1. The molecule has 4 aromatic rings. The van der Waals surface area contributed by atoms with Crippen molar-refractivity contribution in [3.8, 4) is 28.4 Å². The predicted octanol–water partition coefficient (Wildman–Crippen LogP) is 3.87. The van der Waals surface area contributed by atoms with E-state index in [4.69, 9.17) is 9.84 Å². The van der Waals surface area contributed by atoms with Gasteiger partial charge in [-0.05, 0) is 30.9 Å². The SMILES string of the molecule is COc1ncnc(C2CC2)c1-c1cc2n(n1)CCC(=O)N2Cc1ccc(-c2nn(C)cc2C)cc1. The zero-order valence-corrected chi connectivity index (χ0v) is 20.1. The molecule has 0 atom stereocenters. The quantitative estimate of drug-likeness (QED) is 0.426. The van der Waals surface area contributed by atoms with E-state index in [9.17, 15) is 4.79 Å². The van der Waals surface area contributed by atoms with Gasteiger partial charge in [-0.25, -0.2) is 14.6 Å². The smallest absolute Gasteiger partial charge is 0.230 e. The third kappa shape index (κ3) is 3.86. The molecule has 4 heterocycles. The maximum absolute atomic E-state index is 13.0. The summed E-state index contributed by atoms with van der Waals surface area (Å²) in [6.45, 7) is 3.09. The minimum absolute atomic E-state index is 0.0901. The summed E-state index contributed by atoms with van der Waals surface area (Å²) in [6.07, 6.45) is 6.20. The predicted molar refractivity (Wildman–Crippen MR) is 131 cm³/mol. The molecule has 0 unspecified atom stereocenters. The number of nitrogens with zero attached hydrogens (tertiary/aromatic N) is 7. The molecule has 0 radical (unpaired) electrons. The summed E-state index contributed by atoms with van der Waals surface area (Å²) in [4.78, 5) is 23.7. The first-order chi connectivity index (χ1) is 17.0. The van der Waals surface area contributed by atoms with Gasteiger partial charge in [-0.2, -0.15) is 10.2 Å². The van der Waals surface area contributed by atoms with Crippen LogP contribution in [0.4, 0.5) is 5.82 Å².